The van der Waals surface area contributed by atoms with E-state index < -0.39 is 11.7 Å². The van der Waals surface area contributed by atoms with Crippen molar-refractivity contribution in [3.8, 4) is 0 Å². The van der Waals surface area contributed by atoms with E-state index in [4.69, 9.17) is 49.9 Å². The summed E-state index contributed by atoms with van der Waals surface area (Å²) in [7, 11) is 25.2. The van der Waals surface area contributed by atoms with E-state index in [2.05, 4.69) is 0 Å². The van der Waals surface area contributed by atoms with E-state index in [-0.39, 0.29) is 0 Å². The van der Waals surface area contributed by atoms with Crippen LogP contribution >= 0.6 is 44.1 Å². The summed E-state index contributed by atoms with van der Waals surface area (Å²) >= 11 is -4.33. The third-order valence-electron chi connectivity index (χ3n) is 0.800. The van der Waals surface area contributed by atoms with Crippen LogP contribution in [0.1, 0.15) is 0 Å². The van der Waals surface area contributed by atoms with Gasteiger partial charge in [-0.25, -0.2) is 0 Å². The minimum atomic E-state index is -4.33. The van der Waals surface area contributed by atoms with E-state index >= 15 is 0 Å². The molecule has 0 radical (unpaired) electrons. The van der Waals surface area contributed by atoms with Crippen LogP contribution in [0.5, 0.6) is 0 Å². The second-order valence-electron chi connectivity index (χ2n) is 2.05. The van der Waals surface area contributed by atoms with E-state index in [9.17, 15) is 0 Å². The van der Waals surface area contributed by atoms with Crippen LogP contribution in [0, 0.1) is 0 Å². The van der Waals surface area contributed by atoms with Crippen molar-refractivity contribution < 1.29 is 0 Å². The molecule has 0 saturated carbocycles. The monoisotopic (exact) mass is 389 g/mol. The van der Waals surface area contributed by atoms with Crippen LogP contribution in [0.25, 0.3) is 0 Å². The number of para-hydroxylation sites is 1. The molecule has 0 heterocycles. The number of halogens is 5. The van der Waals surface area contributed by atoms with Crippen LogP contribution in [0.15, 0.2) is 30.3 Å². The standard InChI is InChI=1S/C6H7N.5ClH.Sb/c7-6-4-2-1-3-5-6;;;;;;/h1-5H,7H2;5*1H;/q;;;;;;+5/p-5. The van der Waals surface area contributed by atoms with Gasteiger partial charge in [0.15, 0.2) is 0 Å². The molecule has 1 aromatic rings. The first-order valence-electron chi connectivity index (χ1n) is 3.04. The van der Waals surface area contributed by atoms with Crippen molar-refractivity contribution in [1.82, 2.24) is 0 Å². The molecule has 0 spiro atoms. The van der Waals surface area contributed by atoms with Gasteiger partial charge < -0.3 is 5.73 Å². The molecular weight excluding hydrogens is 385 g/mol. The van der Waals surface area contributed by atoms with Gasteiger partial charge in [-0.2, -0.15) is 0 Å². The Balaban J connectivity index is 0.000000226. The van der Waals surface area contributed by atoms with Crippen molar-refractivity contribution in [3.63, 3.8) is 0 Å². The number of anilines is 1. The topological polar surface area (TPSA) is 26.0 Å². The average Bonchev–Trinajstić information content (AvgIpc) is 1.83. The van der Waals surface area contributed by atoms with Crippen LogP contribution in [0.4, 0.5) is 5.69 Å². The molecule has 2 N–H and O–H groups in total. The minimum absolute atomic E-state index is 0.822. The van der Waals surface area contributed by atoms with Gasteiger partial charge in [-0.1, -0.05) is 18.2 Å². The van der Waals surface area contributed by atoms with Crippen molar-refractivity contribution in [2.45, 2.75) is 0 Å². The number of nitrogens with two attached hydrogens (primary N) is 1. The molecule has 0 amide bonds. The van der Waals surface area contributed by atoms with Gasteiger partial charge in [0, 0.05) is 5.69 Å². The van der Waals surface area contributed by atoms with Crippen LogP contribution in [-0.4, -0.2) is 11.7 Å². The molecular formula is C6H7Cl5NSb. The number of benzene rings is 1. The molecule has 7 heteroatoms. The van der Waals surface area contributed by atoms with E-state index in [1.807, 2.05) is 30.3 Å². The van der Waals surface area contributed by atoms with Crippen molar-refractivity contribution in [3.05, 3.63) is 30.3 Å². The Kier molecular flexibility index (Phi) is 5.93. The molecule has 0 fully saturated rings. The predicted molar refractivity (Wildman–Crippen MR) is 65.9 cm³/mol. The van der Waals surface area contributed by atoms with Gasteiger partial charge in [0.05, 0.1) is 0 Å². The van der Waals surface area contributed by atoms with E-state index in [0.717, 1.165) is 5.69 Å². The Hall–Kier alpha value is 1.29. The van der Waals surface area contributed by atoms with Crippen molar-refractivity contribution in [2.75, 3.05) is 5.73 Å². The molecule has 0 aliphatic rings. The first-order chi connectivity index (χ1) is 5.63. The number of nitrogen functional groups attached to an aromatic ring is 1. The molecule has 0 aliphatic carbocycles. The van der Waals surface area contributed by atoms with E-state index in [1.54, 1.807) is 0 Å². The fourth-order valence-electron chi connectivity index (χ4n) is 0.453. The van der Waals surface area contributed by atoms with Crippen LogP contribution in [0.2, 0.25) is 0 Å². The van der Waals surface area contributed by atoms with Gasteiger partial charge >= 0.3 is 55.8 Å². The van der Waals surface area contributed by atoms with Crippen molar-refractivity contribution in [1.29, 1.82) is 0 Å². The fourth-order valence-corrected chi connectivity index (χ4v) is 0.453. The number of hydrogen-bond acceptors (Lipinski definition) is 1. The van der Waals surface area contributed by atoms with Crippen molar-refractivity contribution in [2.24, 2.45) is 0 Å². The van der Waals surface area contributed by atoms with Gasteiger partial charge in [0.2, 0.25) is 0 Å². The van der Waals surface area contributed by atoms with Gasteiger partial charge in [0.1, 0.15) is 0 Å². The zero-order valence-corrected chi connectivity index (χ0v) is 12.6. The molecule has 0 aliphatic heterocycles. The molecule has 1 nitrogen and oxygen atoms in total. The Morgan fingerprint density at radius 3 is 1.31 bits per heavy atom. The Morgan fingerprint density at radius 1 is 0.846 bits per heavy atom. The van der Waals surface area contributed by atoms with Gasteiger partial charge in [-0.15, -0.1) is 0 Å². The number of hydrogen-bond donors (Lipinski definition) is 1. The van der Waals surface area contributed by atoms with E-state index in [1.165, 1.54) is 0 Å². The summed E-state index contributed by atoms with van der Waals surface area (Å²) in [5.74, 6) is 0. The maximum absolute atomic E-state index is 5.36. The summed E-state index contributed by atoms with van der Waals surface area (Å²) in [4.78, 5) is 0. The quantitative estimate of drug-likeness (QED) is 0.516. The molecule has 1 rings (SSSR count). The maximum atomic E-state index is 5.36. The summed E-state index contributed by atoms with van der Waals surface area (Å²) in [6.07, 6.45) is 0. The Labute approximate surface area is 96.5 Å². The second-order valence-corrected chi connectivity index (χ2v) is 40.0. The van der Waals surface area contributed by atoms with Crippen LogP contribution in [-0.2, 0) is 0 Å². The fraction of sp³-hybridized carbons (Fsp3) is 0. The normalized spacial score (nSPS) is 13.5. The third-order valence-corrected chi connectivity index (χ3v) is 0.800. The molecule has 0 aromatic heterocycles. The summed E-state index contributed by atoms with van der Waals surface area (Å²) in [6, 6.07) is 9.49. The SMILES string of the molecule is Nc1ccccc1.[Cl][Sb]([Cl])([Cl])([Cl])[Cl]. The number of rotatable bonds is 0. The Bertz CT molecular complexity index is 238. The van der Waals surface area contributed by atoms with Crippen LogP contribution < -0.4 is 5.73 Å². The van der Waals surface area contributed by atoms with Gasteiger partial charge in [-0.3, -0.25) is 0 Å². The first kappa shape index (κ1) is 14.3. The molecule has 1 aromatic carbocycles. The summed E-state index contributed by atoms with van der Waals surface area (Å²) < 4.78 is 0. The summed E-state index contributed by atoms with van der Waals surface area (Å²) in [6.45, 7) is 0. The summed E-state index contributed by atoms with van der Waals surface area (Å²) in [5.41, 5.74) is 6.18. The van der Waals surface area contributed by atoms with Gasteiger partial charge in [0.25, 0.3) is 0 Å². The zero-order chi connectivity index (χ0) is 10.6. The average molecular weight is 392 g/mol. The van der Waals surface area contributed by atoms with Crippen molar-refractivity contribution >= 4 is 61.5 Å². The molecule has 13 heavy (non-hydrogen) atoms. The Morgan fingerprint density at radius 2 is 1.15 bits per heavy atom. The predicted octanol–water partition coefficient (Wildman–Crippen LogP) is 4.34. The molecule has 0 bridgehead atoms. The first-order valence-corrected chi connectivity index (χ1v) is 19.2. The molecule has 0 unspecified atom stereocenters. The van der Waals surface area contributed by atoms with E-state index in [0.29, 0.717) is 0 Å². The van der Waals surface area contributed by atoms with Crippen LogP contribution in [0.3, 0.4) is 0 Å². The van der Waals surface area contributed by atoms with Gasteiger partial charge in [-0.05, 0) is 12.1 Å². The molecule has 76 valence electrons. The second kappa shape index (κ2) is 5.39. The molecule has 0 atom stereocenters. The molecule has 0 saturated heterocycles. The third kappa shape index (κ3) is 19.6. The zero-order valence-electron chi connectivity index (χ0n) is 6.30. The summed E-state index contributed by atoms with van der Waals surface area (Å²) in [5, 5.41) is 0.